The predicted molar refractivity (Wildman–Crippen MR) is 42.8 cm³/mol. The summed E-state index contributed by atoms with van der Waals surface area (Å²) in [5.74, 6) is 0.627. The van der Waals surface area contributed by atoms with Gasteiger partial charge >= 0.3 is 0 Å². The molecule has 0 saturated heterocycles. The summed E-state index contributed by atoms with van der Waals surface area (Å²) in [7, 11) is 1.90. The minimum atomic E-state index is 0.627. The molecule has 2 aromatic heterocycles. The molecule has 12 heavy (non-hydrogen) atoms. The highest BCUT2D eigenvalue weighted by Gasteiger charge is 2.30. The maximum absolute atomic E-state index is 5.28. The first-order valence-corrected chi connectivity index (χ1v) is 4.12. The number of rotatable bonds is 1. The Hall–Kier alpha value is -1.32. The third-order valence-electron chi connectivity index (χ3n) is 2.31. The Morgan fingerprint density at radius 1 is 1.58 bits per heavy atom. The van der Waals surface area contributed by atoms with Crippen molar-refractivity contribution < 1.29 is 4.42 Å². The van der Waals surface area contributed by atoms with Crippen LogP contribution in [0, 0.1) is 0 Å². The van der Waals surface area contributed by atoms with Crippen LogP contribution in [0.2, 0.25) is 0 Å². The number of aryl methyl sites for hydroxylation is 1. The lowest BCUT2D eigenvalue weighted by atomic mass is 10.3. The first-order chi connectivity index (χ1) is 5.86. The van der Waals surface area contributed by atoms with Gasteiger partial charge in [-0.2, -0.15) is 10.1 Å². The normalized spacial score (nSPS) is 17.4. The molecule has 0 radical (unpaired) electrons. The fraction of sp³-hybridized carbons (Fsp3) is 0.500. The van der Waals surface area contributed by atoms with Crippen LogP contribution in [0.1, 0.15) is 24.5 Å². The molecule has 0 amide bonds. The average Bonchev–Trinajstić information content (AvgIpc) is 2.68. The molecule has 0 N–H and O–H groups in total. The summed E-state index contributed by atoms with van der Waals surface area (Å²) in [6.07, 6.45) is 3.97. The van der Waals surface area contributed by atoms with Gasteiger partial charge in [0.25, 0.3) is 0 Å². The van der Waals surface area contributed by atoms with Gasteiger partial charge in [-0.3, -0.25) is 0 Å². The highest BCUT2D eigenvalue weighted by Crippen LogP contribution is 2.41. The first kappa shape index (κ1) is 6.22. The Kier molecular flexibility index (Phi) is 0.977. The van der Waals surface area contributed by atoms with Crippen LogP contribution in [-0.4, -0.2) is 14.8 Å². The Morgan fingerprint density at radius 2 is 2.42 bits per heavy atom. The van der Waals surface area contributed by atoms with Crippen molar-refractivity contribution in [3.8, 4) is 0 Å². The van der Waals surface area contributed by atoms with Gasteiger partial charge in [-0.25, -0.2) is 4.68 Å². The summed E-state index contributed by atoms with van der Waals surface area (Å²) in [5.41, 5.74) is 2.82. The molecule has 0 aromatic carbocycles. The zero-order valence-electron chi connectivity index (χ0n) is 6.82. The Balaban J connectivity index is 2.33. The zero-order chi connectivity index (χ0) is 8.13. The van der Waals surface area contributed by atoms with Crippen molar-refractivity contribution in [2.75, 3.05) is 0 Å². The van der Waals surface area contributed by atoms with Gasteiger partial charge in [0, 0.05) is 13.0 Å². The molecule has 2 heterocycles. The number of aromatic nitrogens is 3. The summed E-state index contributed by atoms with van der Waals surface area (Å²) >= 11 is 0. The summed E-state index contributed by atoms with van der Waals surface area (Å²) in [5, 5.41) is 4.37. The number of oxazole rings is 1. The van der Waals surface area contributed by atoms with Crippen LogP contribution < -0.4 is 0 Å². The molecule has 4 nitrogen and oxygen atoms in total. The van der Waals surface area contributed by atoms with Crippen LogP contribution in [-0.2, 0) is 7.05 Å². The number of nitrogens with zero attached hydrogens (tertiary/aromatic N) is 3. The number of hydrogen-bond donors (Lipinski definition) is 0. The fourth-order valence-electron chi connectivity index (χ4n) is 1.52. The maximum Gasteiger partial charge on any atom is 0.197 e. The van der Waals surface area contributed by atoms with Crippen molar-refractivity contribution in [2.24, 2.45) is 7.05 Å². The zero-order valence-corrected chi connectivity index (χ0v) is 6.82. The van der Waals surface area contributed by atoms with Gasteiger partial charge in [-0.05, 0) is 12.8 Å². The van der Waals surface area contributed by atoms with E-state index in [0.29, 0.717) is 5.92 Å². The molecule has 0 spiro atoms. The molecule has 1 fully saturated rings. The molecule has 2 aromatic rings. The molecule has 62 valence electrons. The smallest absolute Gasteiger partial charge is 0.197 e. The summed E-state index contributed by atoms with van der Waals surface area (Å²) in [4.78, 5) is 4.08. The summed E-state index contributed by atoms with van der Waals surface area (Å²) in [6.45, 7) is 0. The van der Waals surface area contributed by atoms with Gasteiger partial charge in [0.15, 0.2) is 17.6 Å². The Bertz CT molecular complexity index is 424. The lowest BCUT2D eigenvalue weighted by molar-refractivity contribution is 0.594. The van der Waals surface area contributed by atoms with E-state index in [0.717, 1.165) is 16.9 Å². The molecule has 0 unspecified atom stereocenters. The van der Waals surface area contributed by atoms with E-state index in [1.165, 1.54) is 19.2 Å². The lowest BCUT2D eigenvalue weighted by Gasteiger charge is -1.86. The van der Waals surface area contributed by atoms with Crippen LogP contribution in [0.4, 0.5) is 0 Å². The average molecular weight is 163 g/mol. The van der Waals surface area contributed by atoms with E-state index in [1.54, 1.807) is 4.68 Å². The second-order valence-electron chi connectivity index (χ2n) is 3.29. The van der Waals surface area contributed by atoms with Crippen molar-refractivity contribution in [1.82, 2.24) is 14.8 Å². The van der Waals surface area contributed by atoms with Gasteiger partial charge < -0.3 is 4.42 Å². The predicted octanol–water partition coefficient (Wildman–Crippen LogP) is 1.44. The second-order valence-corrected chi connectivity index (χ2v) is 3.29. The molecule has 0 atom stereocenters. The van der Waals surface area contributed by atoms with Gasteiger partial charge in [-0.15, -0.1) is 0 Å². The second kappa shape index (κ2) is 1.88. The first-order valence-electron chi connectivity index (χ1n) is 4.12. The van der Waals surface area contributed by atoms with Gasteiger partial charge in [0.2, 0.25) is 0 Å². The van der Waals surface area contributed by atoms with Crippen molar-refractivity contribution in [2.45, 2.75) is 18.8 Å². The van der Waals surface area contributed by atoms with Crippen molar-refractivity contribution in [3.05, 3.63) is 12.1 Å². The Morgan fingerprint density at radius 3 is 3.17 bits per heavy atom. The van der Waals surface area contributed by atoms with E-state index in [2.05, 4.69) is 10.1 Å². The quantitative estimate of drug-likeness (QED) is 0.638. The van der Waals surface area contributed by atoms with E-state index in [4.69, 9.17) is 4.42 Å². The summed E-state index contributed by atoms with van der Waals surface area (Å²) < 4.78 is 7.06. The maximum atomic E-state index is 5.28. The molecule has 1 aliphatic carbocycles. The van der Waals surface area contributed by atoms with Gasteiger partial charge in [0.1, 0.15) is 5.69 Å². The van der Waals surface area contributed by atoms with Crippen molar-refractivity contribution in [1.29, 1.82) is 0 Å². The van der Waals surface area contributed by atoms with Crippen LogP contribution in [0.15, 0.2) is 10.8 Å². The van der Waals surface area contributed by atoms with Crippen LogP contribution in [0.5, 0.6) is 0 Å². The van der Waals surface area contributed by atoms with Crippen LogP contribution in [0.25, 0.3) is 11.2 Å². The third-order valence-corrected chi connectivity index (χ3v) is 2.31. The molecule has 1 saturated carbocycles. The van der Waals surface area contributed by atoms with Gasteiger partial charge in [0.05, 0.1) is 0 Å². The molecular weight excluding hydrogens is 154 g/mol. The van der Waals surface area contributed by atoms with Crippen LogP contribution in [0.3, 0.4) is 0 Å². The van der Waals surface area contributed by atoms with Gasteiger partial charge in [-0.1, -0.05) is 0 Å². The third kappa shape index (κ3) is 0.668. The molecule has 0 bridgehead atoms. The SMILES string of the molecule is Cn1nc(C2CC2)c2ocnc21. The summed E-state index contributed by atoms with van der Waals surface area (Å²) in [6, 6.07) is 0. The standard InChI is InChI=1S/C8H9N3O/c1-11-8-7(12-4-9-8)6(10-11)5-2-3-5/h4-5H,2-3H2,1H3. The highest BCUT2D eigenvalue weighted by atomic mass is 16.3. The van der Waals surface area contributed by atoms with Crippen LogP contribution >= 0.6 is 0 Å². The molecule has 1 aliphatic rings. The van der Waals surface area contributed by atoms with E-state index < -0.39 is 0 Å². The minimum absolute atomic E-state index is 0.627. The molecule has 0 aliphatic heterocycles. The van der Waals surface area contributed by atoms with Crippen molar-refractivity contribution in [3.63, 3.8) is 0 Å². The lowest BCUT2D eigenvalue weighted by Crippen LogP contribution is -1.91. The topological polar surface area (TPSA) is 43.9 Å². The van der Waals surface area contributed by atoms with E-state index >= 15 is 0 Å². The molecular formula is C8H9N3O. The number of fused-ring (bicyclic) bond motifs is 1. The van der Waals surface area contributed by atoms with E-state index in [1.807, 2.05) is 7.05 Å². The van der Waals surface area contributed by atoms with E-state index in [-0.39, 0.29) is 0 Å². The Labute approximate surface area is 69.2 Å². The highest BCUT2D eigenvalue weighted by molar-refractivity contribution is 5.72. The molecule has 3 rings (SSSR count). The van der Waals surface area contributed by atoms with E-state index in [9.17, 15) is 0 Å². The number of hydrogen-bond acceptors (Lipinski definition) is 3. The van der Waals surface area contributed by atoms with Crippen molar-refractivity contribution >= 4 is 11.2 Å². The molecule has 4 heteroatoms. The fourth-order valence-corrected chi connectivity index (χ4v) is 1.52. The minimum Gasteiger partial charge on any atom is -0.440 e. The largest absolute Gasteiger partial charge is 0.440 e. The monoisotopic (exact) mass is 163 g/mol.